The number of aromatic nitrogens is 1. The van der Waals surface area contributed by atoms with Gasteiger partial charge in [0.15, 0.2) is 5.13 Å². The van der Waals surface area contributed by atoms with Crippen LogP contribution >= 0.6 is 11.3 Å². The molecule has 0 aliphatic carbocycles. The lowest BCUT2D eigenvalue weighted by Crippen LogP contribution is -2.12. The number of esters is 1. The van der Waals surface area contributed by atoms with Crippen molar-refractivity contribution in [3.05, 3.63) is 64.7 Å². The maximum atomic E-state index is 12.4. The minimum atomic E-state index is -0.431. The second-order valence-electron chi connectivity index (χ2n) is 5.89. The lowest BCUT2D eigenvalue weighted by atomic mass is 10.2. The van der Waals surface area contributed by atoms with Gasteiger partial charge in [-0.15, -0.1) is 11.3 Å². The van der Waals surface area contributed by atoms with E-state index in [4.69, 9.17) is 4.74 Å². The predicted molar refractivity (Wildman–Crippen MR) is 109 cm³/mol. The van der Waals surface area contributed by atoms with E-state index >= 15 is 0 Å². The highest BCUT2D eigenvalue weighted by Crippen LogP contribution is 2.30. The standard InChI is InChI=1S/C20H19N3O4S/c1-12-4-9-17(26-2)15(10-12)22-20-23-16(11-28-20)18(24)21-14-7-5-13(6-8-14)19(25)27-3/h4-11H,1-3H3,(H,21,24)(H,22,23). The monoisotopic (exact) mass is 397 g/mol. The number of anilines is 3. The van der Waals surface area contributed by atoms with Crippen LogP contribution in [0, 0.1) is 6.92 Å². The molecule has 0 fully saturated rings. The summed E-state index contributed by atoms with van der Waals surface area (Å²) in [6.45, 7) is 1.98. The molecule has 0 spiro atoms. The smallest absolute Gasteiger partial charge is 0.337 e. The minimum Gasteiger partial charge on any atom is -0.495 e. The lowest BCUT2D eigenvalue weighted by Gasteiger charge is -2.09. The van der Waals surface area contributed by atoms with Gasteiger partial charge in [-0.3, -0.25) is 4.79 Å². The summed E-state index contributed by atoms with van der Waals surface area (Å²) in [6, 6.07) is 12.2. The first-order valence-corrected chi connectivity index (χ1v) is 9.25. The first-order chi connectivity index (χ1) is 13.5. The normalized spacial score (nSPS) is 10.2. The van der Waals surface area contributed by atoms with Crippen molar-refractivity contribution in [1.29, 1.82) is 0 Å². The van der Waals surface area contributed by atoms with Crippen LogP contribution < -0.4 is 15.4 Å². The van der Waals surface area contributed by atoms with Crippen molar-refractivity contribution in [2.75, 3.05) is 24.9 Å². The van der Waals surface area contributed by atoms with Crippen LogP contribution in [-0.4, -0.2) is 31.1 Å². The van der Waals surface area contributed by atoms with Gasteiger partial charge in [0, 0.05) is 11.1 Å². The Hall–Kier alpha value is -3.39. The van der Waals surface area contributed by atoms with E-state index in [2.05, 4.69) is 20.4 Å². The molecular weight excluding hydrogens is 378 g/mol. The zero-order valence-electron chi connectivity index (χ0n) is 15.6. The second kappa shape index (κ2) is 8.53. The largest absolute Gasteiger partial charge is 0.495 e. The van der Waals surface area contributed by atoms with Gasteiger partial charge in [0.2, 0.25) is 0 Å². The zero-order chi connectivity index (χ0) is 20.1. The molecule has 8 heteroatoms. The Morgan fingerprint density at radius 1 is 1.07 bits per heavy atom. The van der Waals surface area contributed by atoms with E-state index in [9.17, 15) is 9.59 Å². The van der Waals surface area contributed by atoms with E-state index < -0.39 is 5.97 Å². The van der Waals surface area contributed by atoms with E-state index in [0.717, 1.165) is 11.3 Å². The van der Waals surface area contributed by atoms with E-state index in [1.54, 1.807) is 36.8 Å². The Morgan fingerprint density at radius 2 is 1.82 bits per heavy atom. The Bertz CT molecular complexity index is 999. The number of aryl methyl sites for hydroxylation is 1. The quantitative estimate of drug-likeness (QED) is 0.605. The van der Waals surface area contributed by atoms with Crippen LogP contribution in [0.3, 0.4) is 0 Å². The molecule has 0 saturated heterocycles. The Labute approximate surface area is 166 Å². The van der Waals surface area contributed by atoms with Crippen LogP contribution in [0.1, 0.15) is 26.4 Å². The molecule has 2 aromatic carbocycles. The van der Waals surface area contributed by atoms with E-state index in [-0.39, 0.29) is 11.6 Å². The van der Waals surface area contributed by atoms with Gasteiger partial charge in [-0.2, -0.15) is 0 Å². The van der Waals surface area contributed by atoms with E-state index in [1.165, 1.54) is 18.4 Å². The van der Waals surface area contributed by atoms with Crippen molar-refractivity contribution in [3.8, 4) is 5.75 Å². The van der Waals surface area contributed by atoms with E-state index in [1.807, 2.05) is 25.1 Å². The van der Waals surface area contributed by atoms with Gasteiger partial charge in [0.1, 0.15) is 11.4 Å². The zero-order valence-corrected chi connectivity index (χ0v) is 16.4. The molecular formula is C20H19N3O4S. The Kier molecular flexibility index (Phi) is 5.90. The Balaban J connectivity index is 1.69. The summed E-state index contributed by atoms with van der Waals surface area (Å²) in [5.74, 6) is -0.0801. The third kappa shape index (κ3) is 4.47. The predicted octanol–water partition coefficient (Wildman–Crippen LogP) is 4.24. The minimum absolute atomic E-state index is 0.288. The fourth-order valence-electron chi connectivity index (χ4n) is 2.47. The van der Waals surface area contributed by atoms with Gasteiger partial charge in [0.25, 0.3) is 5.91 Å². The number of amides is 1. The number of nitrogens with zero attached hydrogens (tertiary/aromatic N) is 1. The van der Waals surface area contributed by atoms with E-state index in [0.29, 0.717) is 22.1 Å². The maximum absolute atomic E-state index is 12.4. The lowest BCUT2D eigenvalue weighted by molar-refractivity contribution is 0.0600. The molecule has 0 bridgehead atoms. The maximum Gasteiger partial charge on any atom is 0.337 e. The highest BCUT2D eigenvalue weighted by atomic mass is 32.1. The molecule has 7 nitrogen and oxygen atoms in total. The molecule has 0 radical (unpaired) electrons. The third-order valence-corrected chi connectivity index (χ3v) is 4.65. The highest BCUT2D eigenvalue weighted by molar-refractivity contribution is 7.14. The molecule has 28 heavy (non-hydrogen) atoms. The van der Waals surface area contributed by atoms with Gasteiger partial charge in [-0.1, -0.05) is 6.07 Å². The molecule has 2 N–H and O–H groups in total. The van der Waals surface area contributed by atoms with Crippen LogP contribution in [-0.2, 0) is 4.74 Å². The van der Waals surface area contributed by atoms with Crippen LogP contribution in [0.25, 0.3) is 0 Å². The second-order valence-corrected chi connectivity index (χ2v) is 6.75. The number of thiazole rings is 1. The molecule has 3 aromatic rings. The van der Waals surface area contributed by atoms with Gasteiger partial charge < -0.3 is 20.1 Å². The average Bonchev–Trinajstić information content (AvgIpc) is 3.17. The number of rotatable bonds is 6. The van der Waals surface area contributed by atoms with Crippen LogP contribution in [0.15, 0.2) is 47.8 Å². The van der Waals surface area contributed by atoms with Crippen LogP contribution in [0.4, 0.5) is 16.5 Å². The molecule has 0 unspecified atom stereocenters. The fraction of sp³-hybridized carbons (Fsp3) is 0.150. The van der Waals surface area contributed by atoms with Crippen molar-refractivity contribution in [2.24, 2.45) is 0 Å². The third-order valence-electron chi connectivity index (χ3n) is 3.90. The Morgan fingerprint density at radius 3 is 2.50 bits per heavy atom. The molecule has 1 amide bonds. The summed E-state index contributed by atoms with van der Waals surface area (Å²) in [7, 11) is 2.92. The first-order valence-electron chi connectivity index (χ1n) is 8.37. The molecule has 1 aromatic heterocycles. The first kappa shape index (κ1) is 19.4. The van der Waals surface area contributed by atoms with Crippen molar-refractivity contribution in [1.82, 2.24) is 4.98 Å². The average molecular weight is 397 g/mol. The van der Waals surface area contributed by atoms with Crippen LogP contribution in [0.5, 0.6) is 5.75 Å². The summed E-state index contributed by atoms with van der Waals surface area (Å²) in [5, 5.41) is 8.18. The number of ether oxygens (including phenoxy) is 2. The van der Waals surface area contributed by atoms with Gasteiger partial charge in [0.05, 0.1) is 25.5 Å². The summed E-state index contributed by atoms with van der Waals surface area (Å²) >= 11 is 1.32. The topological polar surface area (TPSA) is 89.5 Å². The number of hydrogen-bond acceptors (Lipinski definition) is 7. The molecule has 0 saturated carbocycles. The summed E-state index contributed by atoms with van der Waals surface area (Å²) < 4.78 is 9.99. The number of nitrogens with one attached hydrogen (secondary N) is 2. The molecule has 3 rings (SSSR count). The number of hydrogen-bond donors (Lipinski definition) is 2. The molecule has 144 valence electrons. The van der Waals surface area contributed by atoms with Crippen molar-refractivity contribution in [3.63, 3.8) is 0 Å². The number of benzene rings is 2. The number of carbonyl (C=O) groups is 2. The van der Waals surface area contributed by atoms with Gasteiger partial charge in [-0.25, -0.2) is 9.78 Å². The molecule has 0 aliphatic heterocycles. The summed E-state index contributed by atoms with van der Waals surface area (Å²) in [6.07, 6.45) is 0. The van der Waals surface area contributed by atoms with Gasteiger partial charge >= 0.3 is 5.97 Å². The summed E-state index contributed by atoms with van der Waals surface area (Å²) in [5.41, 5.74) is 3.11. The SMILES string of the molecule is COC(=O)c1ccc(NC(=O)c2csc(Nc3cc(C)ccc3OC)n2)cc1. The molecule has 0 aliphatic rings. The van der Waals surface area contributed by atoms with Crippen LogP contribution in [0.2, 0.25) is 0 Å². The molecule has 0 atom stereocenters. The number of methoxy groups -OCH3 is 2. The number of carbonyl (C=O) groups excluding carboxylic acids is 2. The fourth-order valence-corrected chi connectivity index (χ4v) is 3.18. The summed E-state index contributed by atoms with van der Waals surface area (Å²) in [4.78, 5) is 28.2. The van der Waals surface area contributed by atoms with Crippen molar-refractivity contribution >= 4 is 39.7 Å². The van der Waals surface area contributed by atoms with Crippen molar-refractivity contribution < 1.29 is 19.1 Å². The molecule has 1 heterocycles. The highest BCUT2D eigenvalue weighted by Gasteiger charge is 2.13. The van der Waals surface area contributed by atoms with Gasteiger partial charge in [-0.05, 0) is 48.9 Å². The van der Waals surface area contributed by atoms with Crippen molar-refractivity contribution in [2.45, 2.75) is 6.92 Å².